The van der Waals surface area contributed by atoms with Crippen LogP contribution < -0.4 is 0 Å². The Bertz CT molecular complexity index is 450. The summed E-state index contributed by atoms with van der Waals surface area (Å²) in [5.41, 5.74) is 0. The van der Waals surface area contributed by atoms with Crippen LogP contribution in [-0.4, -0.2) is 23.4 Å². The number of aliphatic hydroxyl groups excluding tert-OH is 2. The summed E-state index contributed by atoms with van der Waals surface area (Å²) in [4.78, 5) is 0. The highest BCUT2D eigenvalue weighted by atomic mass is 16.3. The molecule has 0 unspecified atom stereocenters. The van der Waals surface area contributed by atoms with Crippen molar-refractivity contribution in [3.63, 3.8) is 0 Å². The van der Waals surface area contributed by atoms with Crippen molar-refractivity contribution in [2.45, 2.75) is 284 Å². The Morgan fingerprint density at radius 2 is 0.271 bits per heavy atom. The predicted octanol–water partition coefficient (Wildman–Crippen LogP) is 16.4. The zero-order valence-corrected chi connectivity index (χ0v) is 34.0. The SMILES string of the molecule is CCCCCCCCCCCCCCCCCCCCCCCCO.CCCCCCCCCCCCCCCCCCCCCCO. The van der Waals surface area contributed by atoms with Gasteiger partial charge in [0.25, 0.3) is 0 Å². The molecule has 0 bridgehead atoms. The minimum absolute atomic E-state index is 0.374. The van der Waals surface area contributed by atoms with Crippen molar-refractivity contribution in [1.82, 2.24) is 0 Å². The Balaban J connectivity index is 0. The fourth-order valence-corrected chi connectivity index (χ4v) is 7.09. The molecular formula is C46H96O2. The lowest BCUT2D eigenvalue weighted by Crippen LogP contribution is -1.85. The standard InChI is InChI=1S/C24H50O.C22H46O/c1-2-3-4-5-6-7-8-9-10-11-12-13-14-15-16-17-18-19-20-21-22-23-24-25;1-2-3-4-5-6-7-8-9-10-11-12-13-14-15-16-17-18-19-20-21-22-23/h25H,2-24H2,1H3;23H,2-22H2,1H3. The van der Waals surface area contributed by atoms with Crippen molar-refractivity contribution in [1.29, 1.82) is 0 Å². The average molecular weight is 681 g/mol. The van der Waals surface area contributed by atoms with Crippen molar-refractivity contribution in [3.05, 3.63) is 0 Å². The monoisotopic (exact) mass is 681 g/mol. The summed E-state index contributed by atoms with van der Waals surface area (Å²) in [6, 6.07) is 0. The lowest BCUT2D eigenvalue weighted by atomic mass is 10.0. The molecule has 0 aromatic rings. The van der Waals surface area contributed by atoms with Crippen molar-refractivity contribution in [2.75, 3.05) is 13.2 Å². The Labute approximate surface area is 306 Å². The highest BCUT2D eigenvalue weighted by molar-refractivity contribution is 4.53. The van der Waals surface area contributed by atoms with E-state index in [0.29, 0.717) is 13.2 Å². The largest absolute Gasteiger partial charge is 0.396 e. The highest BCUT2D eigenvalue weighted by Gasteiger charge is 1.97. The van der Waals surface area contributed by atoms with E-state index in [-0.39, 0.29) is 0 Å². The molecule has 0 aliphatic rings. The number of hydrogen-bond acceptors (Lipinski definition) is 2. The van der Waals surface area contributed by atoms with Crippen LogP contribution in [0.2, 0.25) is 0 Å². The highest BCUT2D eigenvalue weighted by Crippen LogP contribution is 2.16. The van der Waals surface area contributed by atoms with Crippen LogP contribution in [0, 0.1) is 0 Å². The van der Waals surface area contributed by atoms with Crippen LogP contribution in [0.1, 0.15) is 284 Å². The quantitative estimate of drug-likeness (QED) is 0.0630. The molecule has 2 N–H and O–H groups in total. The molecule has 0 saturated heterocycles. The molecule has 0 rings (SSSR count). The van der Waals surface area contributed by atoms with Crippen LogP contribution in [0.3, 0.4) is 0 Å². The molecule has 0 spiro atoms. The molecule has 48 heavy (non-hydrogen) atoms. The molecular weight excluding hydrogens is 585 g/mol. The minimum atomic E-state index is 0.374. The Morgan fingerprint density at radius 1 is 0.167 bits per heavy atom. The maximum absolute atomic E-state index is 8.72. The predicted molar refractivity (Wildman–Crippen MR) is 219 cm³/mol. The molecule has 0 amide bonds. The summed E-state index contributed by atoms with van der Waals surface area (Å²) in [5.74, 6) is 0. The second-order valence-electron chi connectivity index (χ2n) is 15.6. The van der Waals surface area contributed by atoms with Crippen LogP contribution in [-0.2, 0) is 0 Å². The maximum Gasteiger partial charge on any atom is 0.0431 e. The lowest BCUT2D eigenvalue weighted by Gasteiger charge is -2.04. The van der Waals surface area contributed by atoms with E-state index < -0.39 is 0 Å². The Morgan fingerprint density at radius 3 is 0.375 bits per heavy atom. The van der Waals surface area contributed by atoms with E-state index >= 15 is 0 Å². The van der Waals surface area contributed by atoms with Crippen molar-refractivity contribution in [3.8, 4) is 0 Å². The van der Waals surface area contributed by atoms with Gasteiger partial charge in [0.15, 0.2) is 0 Å². The van der Waals surface area contributed by atoms with Gasteiger partial charge in [0.2, 0.25) is 0 Å². The van der Waals surface area contributed by atoms with Gasteiger partial charge in [-0.25, -0.2) is 0 Å². The van der Waals surface area contributed by atoms with Crippen LogP contribution in [0.4, 0.5) is 0 Å². The van der Waals surface area contributed by atoms with Crippen molar-refractivity contribution >= 4 is 0 Å². The van der Waals surface area contributed by atoms with Crippen molar-refractivity contribution in [2.24, 2.45) is 0 Å². The van der Waals surface area contributed by atoms with E-state index in [9.17, 15) is 0 Å². The van der Waals surface area contributed by atoms with Gasteiger partial charge in [0.1, 0.15) is 0 Å². The molecule has 0 aliphatic carbocycles. The number of unbranched alkanes of at least 4 members (excludes halogenated alkanes) is 40. The zero-order valence-electron chi connectivity index (χ0n) is 34.0. The van der Waals surface area contributed by atoms with Gasteiger partial charge < -0.3 is 10.2 Å². The van der Waals surface area contributed by atoms with Gasteiger partial charge in [-0.05, 0) is 12.8 Å². The van der Waals surface area contributed by atoms with Crippen LogP contribution in [0.5, 0.6) is 0 Å². The molecule has 2 heteroatoms. The Kier molecular flexibility index (Phi) is 53.5. The molecule has 0 atom stereocenters. The van der Waals surface area contributed by atoms with Crippen LogP contribution >= 0.6 is 0 Å². The first-order chi connectivity index (χ1) is 23.8. The summed E-state index contributed by atoms with van der Waals surface area (Å²) in [7, 11) is 0. The first kappa shape index (κ1) is 50.0. The third kappa shape index (κ3) is 52.7. The van der Waals surface area contributed by atoms with Gasteiger partial charge in [0.05, 0.1) is 0 Å². The normalized spacial score (nSPS) is 11.2. The van der Waals surface area contributed by atoms with Gasteiger partial charge in [-0.2, -0.15) is 0 Å². The Hall–Kier alpha value is -0.0800. The molecule has 0 aromatic carbocycles. The molecule has 0 aliphatic heterocycles. The van der Waals surface area contributed by atoms with E-state index in [1.54, 1.807) is 0 Å². The van der Waals surface area contributed by atoms with Gasteiger partial charge in [-0.3, -0.25) is 0 Å². The summed E-state index contributed by atoms with van der Waals surface area (Å²) < 4.78 is 0. The molecule has 0 fully saturated rings. The van der Waals surface area contributed by atoms with Gasteiger partial charge in [-0.1, -0.05) is 271 Å². The molecule has 0 heterocycles. The molecule has 0 saturated carbocycles. The molecule has 2 nitrogen and oxygen atoms in total. The van der Waals surface area contributed by atoms with Gasteiger partial charge >= 0.3 is 0 Å². The molecule has 0 aromatic heterocycles. The van der Waals surface area contributed by atoms with Crippen molar-refractivity contribution < 1.29 is 10.2 Å². The first-order valence-corrected chi connectivity index (χ1v) is 23.0. The molecule has 292 valence electrons. The summed E-state index contributed by atoms with van der Waals surface area (Å²) in [5, 5.41) is 17.4. The van der Waals surface area contributed by atoms with E-state index in [2.05, 4.69) is 13.8 Å². The summed E-state index contributed by atoms with van der Waals surface area (Å²) in [6.07, 6.45) is 59.2. The minimum Gasteiger partial charge on any atom is -0.396 e. The maximum atomic E-state index is 8.72. The number of rotatable bonds is 42. The topological polar surface area (TPSA) is 40.5 Å². The van der Waals surface area contributed by atoms with Crippen LogP contribution in [0.25, 0.3) is 0 Å². The average Bonchev–Trinajstić information content (AvgIpc) is 3.10. The van der Waals surface area contributed by atoms with E-state index in [1.807, 2.05) is 0 Å². The van der Waals surface area contributed by atoms with E-state index in [1.165, 1.54) is 257 Å². The fraction of sp³-hybridized carbons (Fsp3) is 1.00. The van der Waals surface area contributed by atoms with Crippen LogP contribution in [0.15, 0.2) is 0 Å². The zero-order chi connectivity index (χ0) is 35.1. The molecule has 0 radical (unpaired) electrons. The lowest BCUT2D eigenvalue weighted by molar-refractivity contribution is 0.282. The third-order valence-corrected chi connectivity index (χ3v) is 10.5. The first-order valence-electron chi connectivity index (χ1n) is 23.0. The second kappa shape index (κ2) is 51.3. The number of hydrogen-bond donors (Lipinski definition) is 2. The van der Waals surface area contributed by atoms with Gasteiger partial charge in [0, 0.05) is 13.2 Å². The van der Waals surface area contributed by atoms with E-state index in [4.69, 9.17) is 10.2 Å². The summed E-state index contributed by atoms with van der Waals surface area (Å²) in [6.45, 7) is 5.34. The second-order valence-corrected chi connectivity index (χ2v) is 15.6. The fourth-order valence-electron chi connectivity index (χ4n) is 7.09. The number of aliphatic hydroxyl groups is 2. The van der Waals surface area contributed by atoms with E-state index in [0.717, 1.165) is 12.8 Å². The smallest absolute Gasteiger partial charge is 0.0431 e. The van der Waals surface area contributed by atoms with Gasteiger partial charge in [-0.15, -0.1) is 0 Å². The third-order valence-electron chi connectivity index (χ3n) is 10.5. The summed E-state index contributed by atoms with van der Waals surface area (Å²) >= 11 is 0.